The Kier molecular flexibility index (Phi) is 15.5. The van der Waals surface area contributed by atoms with Crippen molar-refractivity contribution < 1.29 is 23.7 Å². The van der Waals surface area contributed by atoms with Gasteiger partial charge in [-0.3, -0.25) is 19.7 Å². The Morgan fingerprint density at radius 3 is 2.21 bits per heavy atom. The van der Waals surface area contributed by atoms with Crippen LogP contribution in [0.2, 0.25) is 0 Å². The molecular weight excluding hydrogens is 491 g/mol. The van der Waals surface area contributed by atoms with Crippen molar-refractivity contribution in [3.05, 3.63) is 107 Å². The molecule has 0 aliphatic heterocycles. The van der Waals surface area contributed by atoms with Gasteiger partial charge in [0, 0.05) is 18.5 Å². The summed E-state index contributed by atoms with van der Waals surface area (Å²) in [5, 5.41) is 16.0. The van der Waals surface area contributed by atoms with E-state index in [1.165, 1.54) is 0 Å². The van der Waals surface area contributed by atoms with Gasteiger partial charge < -0.3 is 21.2 Å². The van der Waals surface area contributed by atoms with E-state index in [1.807, 2.05) is 50.1 Å². The van der Waals surface area contributed by atoms with Crippen molar-refractivity contribution in [1.82, 2.24) is 5.32 Å². The molecule has 198 valence electrons. The molecule has 0 unspecified atom stereocenters. The quantitative estimate of drug-likeness (QED) is 0.136. The number of carbonyl (C=O) groups is 3. The number of nitrogens with one attached hydrogen (secondary N) is 2. The van der Waals surface area contributed by atoms with Crippen molar-refractivity contribution in [1.29, 1.82) is 0 Å². The minimum atomic E-state index is -0.777. The lowest BCUT2D eigenvalue weighted by atomic mass is 9.99. The third-order valence-corrected chi connectivity index (χ3v) is 4.67. The maximum absolute atomic E-state index is 13.2. The molecule has 0 fully saturated rings. The second-order valence-corrected chi connectivity index (χ2v) is 7.03. The average molecular weight is 521 g/mol. The van der Waals surface area contributed by atoms with Gasteiger partial charge in [0.2, 0.25) is 5.91 Å². The van der Waals surface area contributed by atoms with Crippen LogP contribution in [0, 0.1) is 35.3 Å². The number of carbonyl (C=O) groups excluding carboxylic acids is 3. The Morgan fingerprint density at radius 1 is 1.08 bits per heavy atom. The molecule has 38 heavy (non-hydrogen) atoms. The van der Waals surface area contributed by atoms with Gasteiger partial charge in [0.15, 0.2) is 0 Å². The molecule has 0 radical (unpaired) electrons. The fourth-order valence-corrected chi connectivity index (χ4v) is 3.06. The largest absolute Gasteiger partial charge is 0.360 e. The highest BCUT2D eigenvalue weighted by atomic mass is 19.1. The second kappa shape index (κ2) is 18.0. The highest BCUT2D eigenvalue weighted by Crippen LogP contribution is 2.25. The van der Waals surface area contributed by atoms with E-state index in [0.717, 1.165) is 34.9 Å². The van der Waals surface area contributed by atoms with E-state index in [0.29, 0.717) is 5.56 Å². The molecule has 0 saturated carbocycles. The Hall–Kier alpha value is -5.30. The van der Waals surface area contributed by atoms with E-state index in [9.17, 15) is 24.1 Å². The molecule has 0 aliphatic rings. The first-order valence-corrected chi connectivity index (χ1v) is 10.9. The lowest BCUT2D eigenvalue weighted by molar-refractivity contribution is -0.384. The molecule has 4 N–H and O–H groups in total. The van der Waals surface area contributed by atoms with E-state index >= 15 is 0 Å². The number of benzene rings is 3. The van der Waals surface area contributed by atoms with Crippen molar-refractivity contribution in [2.45, 2.75) is 13.3 Å². The maximum atomic E-state index is 13.2. The highest BCUT2D eigenvalue weighted by molar-refractivity contribution is 5.96. The van der Waals surface area contributed by atoms with Gasteiger partial charge in [-0.05, 0) is 53.9 Å². The zero-order valence-corrected chi connectivity index (χ0v) is 20.9. The van der Waals surface area contributed by atoms with Crippen LogP contribution in [0.4, 0.5) is 15.8 Å². The number of anilines is 1. The number of hydrogen-bond acceptors (Lipinski definition) is 6. The number of nitro benzene ring substituents is 1. The summed E-state index contributed by atoms with van der Waals surface area (Å²) in [6.45, 7) is 10.1. The van der Waals surface area contributed by atoms with Crippen LogP contribution in [0.3, 0.4) is 0 Å². The van der Waals surface area contributed by atoms with Crippen LogP contribution >= 0.6 is 0 Å². The lowest BCUT2D eigenvalue weighted by Crippen LogP contribution is -2.27. The molecule has 2 amide bonds. The Morgan fingerprint density at radius 2 is 1.66 bits per heavy atom. The number of amides is 2. The summed E-state index contributed by atoms with van der Waals surface area (Å²) in [5.74, 6) is -1.65. The average Bonchev–Trinajstić information content (AvgIpc) is 2.92. The van der Waals surface area contributed by atoms with Crippen LogP contribution in [0.15, 0.2) is 79.9 Å². The summed E-state index contributed by atoms with van der Waals surface area (Å²) in [5.41, 5.74) is 7.40. The fraction of sp³-hybridized carbons (Fsp3) is 0.107. The van der Waals surface area contributed by atoms with Gasteiger partial charge in [-0.1, -0.05) is 42.8 Å². The number of hydrogen-bond donors (Lipinski definition) is 3. The van der Waals surface area contributed by atoms with Crippen molar-refractivity contribution in [3.63, 3.8) is 0 Å². The second-order valence-electron chi connectivity index (χ2n) is 7.03. The topological polar surface area (TPSA) is 144 Å². The number of nitro groups is 1. The molecule has 0 spiro atoms. The summed E-state index contributed by atoms with van der Waals surface area (Å²) >= 11 is 0. The number of halogens is 1. The molecule has 0 heterocycles. The first-order chi connectivity index (χ1) is 18.3. The highest BCUT2D eigenvalue weighted by Gasteiger charge is 2.17. The number of terminal acetylenes is 1. The van der Waals surface area contributed by atoms with Gasteiger partial charge in [-0.15, -0.1) is 13.2 Å². The van der Waals surface area contributed by atoms with E-state index in [2.05, 4.69) is 35.9 Å². The third kappa shape index (κ3) is 10.5. The van der Waals surface area contributed by atoms with Gasteiger partial charge in [0.25, 0.3) is 11.6 Å². The normalized spacial score (nSPS) is 8.87. The minimum absolute atomic E-state index is 0.0409. The SMILES string of the molecule is C#CN.C=C.C=O.Cc1ccccc1-c1ccc(C(=O)NCCC(=O)Nc2ccc(F)cc2[N+](=O)[O-])cc1. The lowest BCUT2D eigenvalue weighted by Gasteiger charge is -2.09. The Labute approximate surface area is 220 Å². The molecule has 0 saturated heterocycles. The summed E-state index contributed by atoms with van der Waals surface area (Å²) in [4.78, 5) is 42.6. The molecule has 0 aliphatic carbocycles. The van der Waals surface area contributed by atoms with Crippen molar-refractivity contribution in [2.75, 3.05) is 11.9 Å². The minimum Gasteiger partial charge on any atom is -0.360 e. The van der Waals surface area contributed by atoms with Crippen LogP contribution in [-0.2, 0) is 9.59 Å². The summed E-state index contributed by atoms with van der Waals surface area (Å²) in [6.07, 6.45) is 4.28. The van der Waals surface area contributed by atoms with Crippen LogP contribution in [0.5, 0.6) is 0 Å². The molecule has 0 bridgehead atoms. The predicted octanol–water partition coefficient (Wildman–Crippen LogP) is 4.62. The zero-order valence-electron chi connectivity index (χ0n) is 20.9. The standard InChI is InChI=1S/C23H20FN3O4.C2H3N.C2H4.CH2O/c1-15-4-2-3-5-19(15)16-6-8-17(9-7-16)23(29)25-13-12-22(28)26-20-11-10-18(24)14-21(20)27(30)31;1-2-3;2*1-2/h2-11,14H,12-13H2,1H3,(H,25,29)(H,26,28);1H,3H2;1-2H2;1H2. The van der Waals surface area contributed by atoms with Gasteiger partial charge >= 0.3 is 0 Å². The third-order valence-electron chi connectivity index (χ3n) is 4.67. The molecule has 10 heteroatoms. The number of nitrogens with zero attached hydrogens (tertiary/aromatic N) is 1. The Balaban J connectivity index is 0.00000179. The number of rotatable bonds is 7. The van der Waals surface area contributed by atoms with Crippen molar-refractivity contribution in [3.8, 4) is 23.6 Å². The monoisotopic (exact) mass is 520 g/mol. The summed E-state index contributed by atoms with van der Waals surface area (Å²) in [6, 6.07) is 19.7. The molecule has 3 aromatic rings. The van der Waals surface area contributed by atoms with Crippen molar-refractivity contribution >= 4 is 30.0 Å². The molecule has 0 atom stereocenters. The molecule has 3 rings (SSSR count). The van der Waals surface area contributed by atoms with Gasteiger partial charge in [0.1, 0.15) is 18.3 Å². The van der Waals surface area contributed by atoms with Gasteiger partial charge in [-0.2, -0.15) is 0 Å². The molecule has 0 aromatic heterocycles. The van der Waals surface area contributed by atoms with Crippen molar-refractivity contribution in [2.24, 2.45) is 5.73 Å². The molecule has 9 nitrogen and oxygen atoms in total. The van der Waals surface area contributed by atoms with Crippen LogP contribution < -0.4 is 16.4 Å². The van der Waals surface area contributed by atoms with E-state index in [1.54, 1.807) is 18.2 Å². The predicted molar refractivity (Wildman–Crippen MR) is 147 cm³/mol. The number of aryl methyl sites for hydroxylation is 1. The summed E-state index contributed by atoms with van der Waals surface area (Å²) < 4.78 is 13.2. The van der Waals surface area contributed by atoms with Gasteiger partial charge in [-0.25, -0.2) is 4.39 Å². The Bertz CT molecular complexity index is 1250. The first kappa shape index (κ1) is 32.7. The van der Waals surface area contributed by atoms with E-state index < -0.39 is 22.3 Å². The summed E-state index contributed by atoms with van der Waals surface area (Å²) in [7, 11) is 0. The smallest absolute Gasteiger partial charge is 0.295 e. The zero-order chi connectivity index (χ0) is 29.1. The molecule has 3 aromatic carbocycles. The van der Waals surface area contributed by atoms with Crippen LogP contribution in [0.1, 0.15) is 22.3 Å². The maximum Gasteiger partial charge on any atom is 0.295 e. The first-order valence-electron chi connectivity index (χ1n) is 10.9. The van der Waals surface area contributed by atoms with Crippen LogP contribution in [0.25, 0.3) is 11.1 Å². The molecular formula is C28H29FN4O5. The van der Waals surface area contributed by atoms with Gasteiger partial charge in [0.05, 0.1) is 11.0 Å². The van der Waals surface area contributed by atoms with E-state index in [-0.39, 0.29) is 24.6 Å². The fourth-order valence-electron chi connectivity index (χ4n) is 3.06. The van der Waals surface area contributed by atoms with Crippen LogP contribution in [-0.4, -0.2) is 30.1 Å². The van der Waals surface area contributed by atoms with E-state index in [4.69, 9.17) is 4.79 Å². The number of nitrogens with two attached hydrogens (primary N) is 1.